The summed E-state index contributed by atoms with van der Waals surface area (Å²) in [6, 6.07) is 4.75. The largest absolute Gasteiger partial charge is 0.465 e. The highest BCUT2D eigenvalue weighted by atomic mass is 35.5. The molecular formula is C18H24Cl2O4. The molecule has 0 unspecified atom stereocenters. The molecule has 0 aliphatic rings. The van der Waals surface area contributed by atoms with Crippen LogP contribution in [0.5, 0.6) is 5.75 Å². The maximum absolute atomic E-state index is 12.7. The molecule has 0 aliphatic carbocycles. The lowest BCUT2D eigenvalue weighted by Crippen LogP contribution is -2.42. The van der Waals surface area contributed by atoms with E-state index in [0.29, 0.717) is 6.61 Å². The van der Waals surface area contributed by atoms with Crippen LogP contribution in [-0.2, 0) is 14.3 Å². The second-order valence-corrected chi connectivity index (χ2v) is 6.36. The van der Waals surface area contributed by atoms with Crippen LogP contribution in [0, 0.1) is 5.41 Å². The van der Waals surface area contributed by atoms with Crippen molar-refractivity contribution in [3.05, 3.63) is 28.2 Å². The second kappa shape index (κ2) is 9.90. The van der Waals surface area contributed by atoms with E-state index in [4.69, 9.17) is 32.7 Å². The van der Waals surface area contributed by atoms with E-state index in [1.807, 2.05) is 0 Å². The van der Waals surface area contributed by atoms with Gasteiger partial charge in [-0.15, -0.1) is 0 Å². The highest BCUT2D eigenvalue weighted by Gasteiger charge is 2.46. The van der Waals surface area contributed by atoms with Gasteiger partial charge >= 0.3 is 11.9 Å². The molecule has 0 radical (unpaired) electrons. The van der Waals surface area contributed by atoms with Crippen LogP contribution in [0.2, 0.25) is 10.0 Å². The normalized spacial score (nSPS) is 11.2. The van der Waals surface area contributed by atoms with Crippen LogP contribution >= 0.6 is 23.2 Å². The molecule has 1 rings (SSSR count). The predicted molar refractivity (Wildman–Crippen MR) is 95.6 cm³/mol. The number of esters is 2. The Morgan fingerprint density at radius 1 is 1.04 bits per heavy atom. The fourth-order valence-corrected chi connectivity index (χ4v) is 2.66. The van der Waals surface area contributed by atoms with E-state index in [9.17, 15) is 9.59 Å². The fraction of sp³-hybridized carbons (Fsp3) is 0.556. The number of carbonyl (C=O) groups excluding carboxylic acids is 2. The van der Waals surface area contributed by atoms with E-state index in [2.05, 4.69) is 6.92 Å². The lowest BCUT2D eigenvalue weighted by Gasteiger charge is -2.27. The Labute approximate surface area is 153 Å². The first-order valence-corrected chi connectivity index (χ1v) is 9.02. The monoisotopic (exact) mass is 374 g/mol. The van der Waals surface area contributed by atoms with Gasteiger partial charge in [0, 0.05) is 0 Å². The Morgan fingerprint density at radius 2 is 1.71 bits per heavy atom. The van der Waals surface area contributed by atoms with Crippen LogP contribution in [0.1, 0.15) is 52.9 Å². The standard InChI is InChI=1S/C18H24Cl2O4/c1-4-7-8-12-23-16(21)18(5-2,6-3)17(22)24-14-11-9-10-13(19)15(14)20/h9-11H,4-8,12H2,1-3H3. The summed E-state index contributed by atoms with van der Waals surface area (Å²) in [7, 11) is 0. The molecule has 1 aromatic rings. The van der Waals surface area contributed by atoms with Crippen molar-refractivity contribution in [1.82, 2.24) is 0 Å². The van der Waals surface area contributed by atoms with Crippen LogP contribution < -0.4 is 4.74 Å². The minimum Gasteiger partial charge on any atom is -0.465 e. The smallest absolute Gasteiger partial charge is 0.328 e. The number of rotatable bonds is 9. The van der Waals surface area contributed by atoms with Crippen molar-refractivity contribution in [2.24, 2.45) is 5.41 Å². The summed E-state index contributed by atoms with van der Waals surface area (Å²) in [5.74, 6) is -1.08. The van der Waals surface area contributed by atoms with Gasteiger partial charge in [-0.05, 0) is 31.4 Å². The minimum absolute atomic E-state index is 0.138. The number of hydrogen-bond acceptors (Lipinski definition) is 4. The van der Waals surface area contributed by atoms with Crippen molar-refractivity contribution < 1.29 is 19.1 Å². The van der Waals surface area contributed by atoms with Gasteiger partial charge in [-0.3, -0.25) is 9.59 Å². The quantitative estimate of drug-likeness (QED) is 0.250. The average molecular weight is 375 g/mol. The summed E-state index contributed by atoms with van der Waals surface area (Å²) in [5, 5.41) is 0.424. The maximum atomic E-state index is 12.7. The van der Waals surface area contributed by atoms with Crippen molar-refractivity contribution in [3.8, 4) is 5.75 Å². The summed E-state index contributed by atoms with van der Waals surface area (Å²) in [4.78, 5) is 25.2. The van der Waals surface area contributed by atoms with E-state index in [1.165, 1.54) is 6.07 Å². The molecule has 0 aliphatic heterocycles. The zero-order chi connectivity index (χ0) is 18.2. The van der Waals surface area contributed by atoms with Gasteiger partial charge in [0.15, 0.2) is 11.2 Å². The molecular weight excluding hydrogens is 351 g/mol. The number of ether oxygens (including phenoxy) is 2. The van der Waals surface area contributed by atoms with E-state index in [1.54, 1.807) is 26.0 Å². The van der Waals surface area contributed by atoms with Crippen molar-refractivity contribution in [2.75, 3.05) is 6.61 Å². The molecule has 0 spiro atoms. The summed E-state index contributed by atoms with van der Waals surface area (Å²) < 4.78 is 10.7. The molecule has 4 nitrogen and oxygen atoms in total. The molecule has 0 N–H and O–H groups in total. The Morgan fingerprint density at radius 3 is 2.29 bits per heavy atom. The van der Waals surface area contributed by atoms with Crippen molar-refractivity contribution in [2.45, 2.75) is 52.9 Å². The van der Waals surface area contributed by atoms with Gasteiger partial charge in [0.05, 0.1) is 11.6 Å². The number of hydrogen-bond donors (Lipinski definition) is 0. The summed E-state index contributed by atoms with van der Waals surface area (Å²) in [6.45, 7) is 5.89. The van der Waals surface area contributed by atoms with E-state index >= 15 is 0 Å². The number of carbonyl (C=O) groups is 2. The molecule has 0 saturated carbocycles. The number of halogens is 2. The third-order valence-corrected chi connectivity index (χ3v) is 4.89. The topological polar surface area (TPSA) is 52.6 Å². The average Bonchev–Trinajstić information content (AvgIpc) is 2.57. The van der Waals surface area contributed by atoms with Crippen LogP contribution in [0.25, 0.3) is 0 Å². The Bertz CT molecular complexity index is 568. The van der Waals surface area contributed by atoms with Gasteiger partial charge in [-0.2, -0.15) is 0 Å². The molecule has 24 heavy (non-hydrogen) atoms. The zero-order valence-electron chi connectivity index (χ0n) is 14.4. The molecule has 1 aromatic carbocycles. The van der Waals surface area contributed by atoms with Crippen LogP contribution in [0.3, 0.4) is 0 Å². The first-order chi connectivity index (χ1) is 11.4. The first-order valence-electron chi connectivity index (χ1n) is 8.26. The Kier molecular flexibility index (Phi) is 8.57. The number of unbranched alkanes of at least 4 members (excludes halogenated alkanes) is 2. The first kappa shape index (κ1) is 20.8. The van der Waals surface area contributed by atoms with Gasteiger partial charge in [0.1, 0.15) is 5.02 Å². The zero-order valence-corrected chi connectivity index (χ0v) is 15.9. The van der Waals surface area contributed by atoms with Gasteiger partial charge in [-0.1, -0.05) is 62.9 Å². The summed E-state index contributed by atoms with van der Waals surface area (Å²) in [5.41, 5.74) is -1.34. The van der Waals surface area contributed by atoms with E-state index < -0.39 is 17.4 Å². The SMILES string of the molecule is CCCCCOC(=O)C(CC)(CC)C(=O)Oc1cccc(Cl)c1Cl. The van der Waals surface area contributed by atoms with Crippen LogP contribution in [0.15, 0.2) is 18.2 Å². The molecule has 0 amide bonds. The highest BCUT2D eigenvalue weighted by molar-refractivity contribution is 6.43. The van der Waals surface area contributed by atoms with Gasteiger partial charge < -0.3 is 9.47 Å². The minimum atomic E-state index is -1.34. The molecule has 0 aromatic heterocycles. The Balaban J connectivity index is 2.90. The van der Waals surface area contributed by atoms with Crippen molar-refractivity contribution in [3.63, 3.8) is 0 Å². The maximum Gasteiger partial charge on any atom is 0.328 e. The fourth-order valence-electron chi connectivity index (χ4n) is 2.33. The molecule has 6 heteroatoms. The predicted octanol–water partition coefficient (Wildman–Crippen LogP) is 5.44. The van der Waals surface area contributed by atoms with Gasteiger partial charge in [0.2, 0.25) is 0 Å². The van der Waals surface area contributed by atoms with E-state index in [-0.39, 0.29) is 28.6 Å². The summed E-state index contributed by atoms with van der Waals surface area (Å²) in [6.07, 6.45) is 3.35. The third kappa shape index (κ3) is 4.87. The highest BCUT2D eigenvalue weighted by Crippen LogP contribution is 2.35. The Hall–Kier alpha value is -1.26. The van der Waals surface area contributed by atoms with E-state index in [0.717, 1.165) is 19.3 Å². The van der Waals surface area contributed by atoms with Crippen LogP contribution in [0.4, 0.5) is 0 Å². The summed E-state index contributed by atoms with van der Waals surface area (Å²) >= 11 is 12.0. The van der Waals surface area contributed by atoms with Crippen molar-refractivity contribution in [1.29, 1.82) is 0 Å². The third-order valence-electron chi connectivity index (χ3n) is 4.09. The molecule has 0 heterocycles. The molecule has 134 valence electrons. The van der Waals surface area contributed by atoms with Gasteiger partial charge in [-0.25, -0.2) is 0 Å². The number of benzene rings is 1. The van der Waals surface area contributed by atoms with Gasteiger partial charge in [0.25, 0.3) is 0 Å². The molecule has 0 fully saturated rings. The molecule has 0 saturated heterocycles. The lowest BCUT2D eigenvalue weighted by atomic mass is 9.82. The molecule has 0 bridgehead atoms. The van der Waals surface area contributed by atoms with Crippen molar-refractivity contribution >= 4 is 35.1 Å². The second-order valence-electron chi connectivity index (χ2n) is 5.57. The van der Waals surface area contributed by atoms with Crippen LogP contribution in [-0.4, -0.2) is 18.5 Å². The lowest BCUT2D eigenvalue weighted by molar-refractivity contribution is -0.168. The molecule has 0 atom stereocenters.